The number of benzene rings is 1. The Kier molecular flexibility index (Phi) is 6.73. The van der Waals surface area contributed by atoms with E-state index in [9.17, 15) is 9.59 Å². The molecule has 0 spiro atoms. The van der Waals surface area contributed by atoms with E-state index in [1.165, 1.54) is 19.3 Å². The van der Waals surface area contributed by atoms with Crippen LogP contribution in [0.4, 0.5) is 0 Å². The van der Waals surface area contributed by atoms with Crippen LogP contribution in [0.25, 0.3) is 5.69 Å². The largest absolute Gasteiger partial charge is 0.353 e. The summed E-state index contributed by atoms with van der Waals surface area (Å²) in [6, 6.07) is 10.1. The molecular weight excluding hydrogens is 388 g/mol. The van der Waals surface area contributed by atoms with Gasteiger partial charge in [-0.3, -0.25) is 9.59 Å². The van der Waals surface area contributed by atoms with Gasteiger partial charge in [0.2, 0.25) is 11.8 Å². The van der Waals surface area contributed by atoms with Crippen molar-refractivity contribution in [1.29, 1.82) is 0 Å². The average Bonchev–Trinajstić information content (AvgIpc) is 3.08. The van der Waals surface area contributed by atoms with E-state index >= 15 is 0 Å². The number of aryl methyl sites for hydroxylation is 1. The molecule has 166 valence electrons. The number of carbonyl (C=O) groups is 2. The predicted molar refractivity (Wildman–Crippen MR) is 121 cm³/mol. The van der Waals surface area contributed by atoms with Gasteiger partial charge in [-0.1, -0.05) is 37.5 Å². The van der Waals surface area contributed by atoms with Crippen molar-refractivity contribution in [3.63, 3.8) is 0 Å². The zero-order valence-electron chi connectivity index (χ0n) is 18.8. The van der Waals surface area contributed by atoms with Crippen LogP contribution in [0.15, 0.2) is 30.3 Å². The zero-order chi connectivity index (χ0) is 21.8. The molecule has 1 N–H and O–H groups in total. The highest BCUT2D eigenvalue weighted by molar-refractivity contribution is 5.80. The third-order valence-corrected chi connectivity index (χ3v) is 6.91. The molecule has 2 heterocycles. The van der Waals surface area contributed by atoms with Gasteiger partial charge in [-0.05, 0) is 51.7 Å². The summed E-state index contributed by atoms with van der Waals surface area (Å²) in [7, 11) is 0. The number of hydrogen-bond donors (Lipinski definition) is 1. The van der Waals surface area contributed by atoms with Gasteiger partial charge in [0.15, 0.2) is 0 Å². The van der Waals surface area contributed by atoms with Crippen molar-refractivity contribution in [2.45, 2.75) is 71.3 Å². The molecule has 2 amide bonds. The molecule has 1 saturated heterocycles. The van der Waals surface area contributed by atoms with Gasteiger partial charge < -0.3 is 10.2 Å². The molecule has 1 aliphatic heterocycles. The second-order valence-corrected chi connectivity index (χ2v) is 9.08. The van der Waals surface area contributed by atoms with Crippen molar-refractivity contribution in [2.75, 3.05) is 13.1 Å². The minimum Gasteiger partial charge on any atom is -0.353 e. The summed E-state index contributed by atoms with van der Waals surface area (Å²) in [5.74, 6) is 0.604. The van der Waals surface area contributed by atoms with Crippen molar-refractivity contribution in [3.8, 4) is 5.69 Å². The van der Waals surface area contributed by atoms with E-state index in [0.29, 0.717) is 12.3 Å². The Balaban J connectivity index is 1.30. The van der Waals surface area contributed by atoms with Gasteiger partial charge in [-0.25, -0.2) is 4.68 Å². The highest BCUT2D eigenvalue weighted by atomic mass is 16.2. The molecule has 2 aromatic rings. The van der Waals surface area contributed by atoms with E-state index < -0.39 is 0 Å². The topological polar surface area (TPSA) is 67.2 Å². The van der Waals surface area contributed by atoms with E-state index in [2.05, 4.69) is 10.4 Å². The highest BCUT2D eigenvalue weighted by Gasteiger charge is 2.29. The molecule has 2 aliphatic rings. The van der Waals surface area contributed by atoms with Crippen LogP contribution >= 0.6 is 0 Å². The van der Waals surface area contributed by atoms with Crippen LogP contribution in [0.2, 0.25) is 0 Å². The summed E-state index contributed by atoms with van der Waals surface area (Å²) in [4.78, 5) is 27.5. The number of nitrogens with zero attached hydrogens (tertiary/aromatic N) is 3. The van der Waals surface area contributed by atoms with Crippen molar-refractivity contribution >= 4 is 11.8 Å². The lowest BCUT2D eigenvalue weighted by Crippen LogP contribution is -2.48. The fourth-order valence-electron chi connectivity index (χ4n) is 5.04. The monoisotopic (exact) mass is 422 g/mol. The van der Waals surface area contributed by atoms with E-state index in [1.54, 1.807) is 0 Å². The summed E-state index contributed by atoms with van der Waals surface area (Å²) in [5, 5.41) is 7.84. The maximum atomic E-state index is 12.8. The van der Waals surface area contributed by atoms with Crippen molar-refractivity contribution in [3.05, 3.63) is 47.3 Å². The number of carbonyl (C=O) groups excluding carboxylic acids is 2. The molecule has 6 heteroatoms. The molecule has 1 aromatic heterocycles. The van der Waals surface area contributed by atoms with Crippen LogP contribution in [0, 0.1) is 19.8 Å². The lowest BCUT2D eigenvalue weighted by atomic mass is 9.87. The predicted octanol–water partition coefficient (Wildman–Crippen LogP) is 3.72. The zero-order valence-corrected chi connectivity index (χ0v) is 18.8. The summed E-state index contributed by atoms with van der Waals surface area (Å²) < 4.78 is 1.91. The number of para-hydroxylation sites is 1. The lowest BCUT2D eigenvalue weighted by Gasteiger charge is -2.35. The first kappa shape index (κ1) is 21.6. The second kappa shape index (κ2) is 9.67. The molecular formula is C25H34N4O2. The number of nitrogens with one attached hydrogen (secondary N) is 1. The third-order valence-electron chi connectivity index (χ3n) is 6.91. The Morgan fingerprint density at radius 1 is 1.00 bits per heavy atom. The molecule has 2 fully saturated rings. The van der Waals surface area contributed by atoms with Gasteiger partial charge in [0.05, 0.1) is 17.8 Å². The molecule has 0 unspecified atom stereocenters. The Morgan fingerprint density at radius 3 is 2.35 bits per heavy atom. The Morgan fingerprint density at radius 2 is 1.68 bits per heavy atom. The number of aromatic nitrogens is 2. The fourth-order valence-corrected chi connectivity index (χ4v) is 5.04. The van der Waals surface area contributed by atoms with E-state index in [1.807, 2.05) is 53.8 Å². The van der Waals surface area contributed by atoms with Crippen LogP contribution in [0.1, 0.15) is 61.9 Å². The maximum Gasteiger partial charge on any atom is 0.225 e. The summed E-state index contributed by atoms with van der Waals surface area (Å²) in [6.45, 7) is 5.49. The molecule has 31 heavy (non-hydrogen) atoms. The average molecular weight is 423 g/mol. The number of amides is 2. The maximum absolute atomic E-state index is 12.8. The van der Waals surface area contributed by atoms with Crippen molar-refractivity contribution in [1.82, 2.24) is 20.0 Å². The van der Waals surface area contributed by atoms with Crippen LogP contribution in [0.3, 0.4) is 0 Å². The van der Waals surface area contributed by atoms with Crippen LogP contribution < -0.4 is 5.32 Å². The normalized spacial score (nSPS) is 18.2. The number of rotatable bonds is 5. The quantitative estimate of drug-likeness (QED) is 0.799. The second-order valence-electron chi connectivity index (χ2n) is 9.08. The van der Waals surface area contributed by atoms with E-state index in [0.717, 1.165) is 61.4 Å². The fraction of sp³-hybridized carbons (Fsp3) is 0.560. The smallest absolute Gasteiger partial charge is 0.225 e. The molecule has 1 aliphatic carbocycles. The SMILES string of the molecule is Cc1nn(-c2ccccc2)c(C)c1CC(=O)NC1CCN(C(=O)C2CCCCC2)CC1. The highest BCUT2D eigenvalue weighted by Crippen LogP contribution is 2.26. The van der Waals surface area contributed by atoms with Gasteiger partial charge in [0, 0.05) is 36.3 Å². The molecule has 1 saturated carbocycles. The minimum atomic E-state index is 0.0378. The Bertz CT molecular complexity index is 907. The van der Waals surface area contributed by atoms with E-state index in [-0.39, 0.29) is 17.9 Å². The van der Waals surface area contributed by atoms with Crippen molar-refractivity contribution < 1.29 is 9.59 Å². The molecule has 6 nitrogen and oxygen atoms in total. The Labute approximate surface area is 185 Å². The molecule has 0 atom stereocenters. The summed E-state index contributed by atoms with van der Waals surface area (Å²) >= 11 is 0. The molecule has 4 rings (SSSR count). The molecule has 0 bridgehead atoms. The standard InChI is InChI=1S/C25H34N4O2/c1-18-23(19(2)29(27-18)22-11-7-4-8-12-22)17-24(30)26-21-13-15-28(16-14-21)25(31)20-9-5-3-6-10-20/h4,7-8,11-12,20-21H,3,5-6,9-10,13-17H2,1-2H3,(H,26,30). The van der Waals surface area contributed by atoms with Gasteiger partial charge in [0.1, 0.15) is 0 Å². The van der Waals surface area contributed by atoms with E-state index in [4.69, 9.17) is 0 Å². The Hall–Kier alpha value is -2.63. The molecule has 0 radical (unpaired) electrons. The van der Waals surface area contributed by atoms with Crippen LogP contribution in [-0.2, 0) is 16.0 Å². The summed E-state index contributed by atoms with van der Waals surface area (Å²) in [5.41, 5.74) is 3.90. The number of hydrogen-bond acceptors (Lipinski definition) is 3. The summed E-state index contributed by atoms with van der Waals surface area (Å²) in [6.07, 6.45) is 7.74. The number of piperidine rings is 1. The van der Waals surface area contributed by atoms with Gasteiger partial charge >= 0.3 is 0 Å². The lowest BCUT2D eigenvalue weighted by molar-refractivity contribution is -0.137. The van der Waals surface area contributed by atoms with Gasteiger partial charge in [-0.15, -0.1) is 0 Å². The first-order valence-corrected chi connectivity index (χ1v) is 11.7. The first-order valence-electron chi connectivity index (χ1n) is 11.7. The number of likely N-dealkylation sites (tertiary alicyclic amines) is 1. The minimum absolute atomic E-state index is 0.0378. The third kappa shape index (κ3) is 5.00. The van der Waals surface area contributed by atoms with Gasteiger partial charge in [0.25, 0.3) is 0 Å². The van der Waals surface area contributed by atoms with Crippen LogP contribution in [-0.4, -0.2) is 45.6 Å². The van der Waals surface area contributed by atoms with Gasteiger partial charge in [-0.2, -0.15) is 5.10 Å². The first-order chi connectivity index (χ1) is 15.0. The van der Waals surface area contributed by atoms with Crippen molar-refractivity contribution in [2.24, 2.45) is 5.92 Å². The molecule has 1 aromatic carbocycles. The van der Waals surface area contributed by atoms with Crippen LogP contribution in [0.5, 0.6) is 0 Å².